The molecule has 0 aliphatic carbocycles. The van der Waals surface area contributed by atoms with E-state index in [0.29, 0.717) is 33.9 Å². The Balaban J connectivity index is 1.97. The van der Waals surface area contributed by atoms with Crippen molar-refractivity contribution < 1.29 is 9.53 Å². The van der Waals surface area contributed by atoms with E-state index < -0.39 is 11.2 Å². The molecule has 170 valence electrons. The van der Waals surface area contributed by atoms with Gasteiger partial charge in [-0.1, -0.05) is 37.2 Å². The van der Waals surface area contributed by atoms with Crippen LogP contribution >= 0.6 is 23.4 Å². The van der Waals surface area contributed by atoms with Crippen molar-refractivity contribution in [1.82, 2.24) is 19.1 Å². The maximum atomic E-state index is 12.9. The fourth-order valence-electron chi connectivity index (χ4n) is 3.17. The second kappa shape index (κ2) is 9.74. The summed E-state index contributed by atoms with van der Waals surface area (Å²) in [6.07, 6.45) is 0. The maximum absolute atomic E-state index is 12.9. The first-order chi connectivity index (χ1) is 15.1. The van der Waals surface area contributed by atoms with Crippen LogP contribution in [0.5, 0.6) is 5.75 Å². The number of fused-ring (bicyclic) bond motifs is 1. The predicted octanol–water partition coefficient (Wildman–Crippen LogP) is 2.85. The average molecular weight is 478 g/mol. The summed E-state index contributed by atoms with van der Waals surface area (Å²) in [6.45, 7) is 6.03. The van der Waals surface area contributed by atoms with Gasteiger partial charge < -0.3 is 10.1 Å². The highest BCUT2D eigenvalue weighted by Gasteiger charge is 2.19. The lowest BCUT2D eigenvalue weighted by molar-refractivity contribution is -0.113. The third-order valence-corrected chi connectivity index (χ3v) is 5.79. The number of methoxy groups -OCH3 is 1. The van der Waals surface area contributed by atoms with Gasteiger partial charge in [0.1, 0.15) is 22.0 Å². The molecule has 0 bridgehead atoms. The third kappa shape index (κ3) is 4.97. The van der Waals surface area contributed by atoms with Crippen molar-refractivity contribution in [2.45, 2.75) is 32.3 Å². The maximum Gasteiger partial charge on any atom is 0.332 e. The molecule has 0 aliphatic rings. The van der Waals surface area contributed by atoms with Gasteiger partial charge in [0.05, 0.1) is 18.6 Å². The second-order valence-corrected chi connectivity index (χ2v) is 9.01. The van der Waals surface area contributed by atoms with Gasteiger partial charge in [0.25, 0.3) is 5.56 Å². The number of anilines is 1. The Labute approximate surface area is 193 Å². The van der Waals surface area contributed by atoms with Gasteiger partial charge in [-0.15, -0.1) is 0 Å². The molecule has 3 rings (SSSR count). The molecule has 0 unspecified atom stereocenters. The van der Waals surface area contributed by atoms with Crippen molar-refractivity contribution in [3.63, 3.8) is 0 Å². The van der Waals surface area contributed by atoms with Crippen molar-refractivity contribution in [2.75, 3.05) is 18.2 Å². The Bertz CT molecular complexity index is 1300. The quantitative estimate of drug-likeness (QED) is 0.411. The Hall–Kier alpha value is -2.85. The van der Waals surface area contributed by atoms with Crippen molar-refractivity contribution in [3.8, 4) is 5.75 Å². The molecule has 2 aromatic heterocycles. The zero-order valence-electron chi connectivity index (χ0n) is 18.4. The number of nitrogens with one attached hydrogen (secondary N) is 1. The van der Waals surface area contributed by atoms with Crippen LogP contribution in [0.15, 0.2) is 32.8 Å². The van der Waals surface area contributed by atoms with Gasteiger partial charge in [-0.05, 0) is 31.0 Å². The molecule has 0 atom stereocenters. The number of carbonyl (C=O) groups excluding carboxylic acids is 1. The summed E-state index contributed by atoms with van der Waals surface area (Å²) in [5.41, 5.74) is -0.213. The van der Waals surface area contributed by atoms with Crippen LogP contribution in [0.25, 0.3) is 11.0 Å². The van der Waals surface area contributed by atoms with Crippen LogP contribution in [0.2, 0.25) is 5.02 Å². The highest BCUT2D eigenvalue weighted by atomic mass is 35.5. The van der Waals surface area contributed by atoms with Gasteiger partial charge in [0.15, 0.2) is 5.65 Å². The normalized spacial score (nSPS) is 11.2. The van der Waals surface area contributed by atoms with E-state index >= 15 is 0 Å². The molecule has 1 amide bonds. The van der Waals surface area contributed by atoms with Gasteiger partial charge in [-0.25, -0.2) is 14.8 Å². The highest BCUT2D eigenvalue weighted by Crippen LogP contribution is 2.28. The number of benzene rings is 1. The molecule has 3 aromatic rings. The summed E-state index contributed by atoms with van der Waals surface area (Å²) in [7, 11) is 2.92. The standard InChI is InChI=1S/C21H24ClN5O4S/c1-11(2)9-27-18-17(20(29)26(4)21(27)30)19(24-12(3)23-18)32-10-16(28)25-14-8-13(22)6-7-15(14)31-5/h6-8,11H,9-10H2,1-5H3,(H,25,28). The first-order valence-electron chi connectivity index (χ1n) is 9.86. The van der Waals surface area contributed by atoms with Crippen LogP contribution in [0, 0.1) is 12.8 Å². The van der Waals surface area contributed by atoms with Crippen molar-refractivity contribution in [1.29, 1.82) is 0 Å². The number of hydrogen-bond donors (Lipinski definition) is 1. The average Bonchev–Trinajstić information content (AvgIpc) is 2.73. The highest BCUT2D eigenvalue weighted by molar-refractivity contribution is 8.00. The Morgan fingerprint density at radius 1 is 1.28 bits per heavy atom. The van der Waals surface area contributed by atoms with Gasteiger partial charge in [-0.3, -0.25) is 18.7 Å². The number of rotatable bonds is 7. The van der Waals surface area contributed by atoms with Crippen LogP contribution in [0.1, 0.15) is 19.7 Å². The van der Waals surface area contributed by atoms with E-state index in [2.05, 4.69) is 15.3 Å². The topological polar surface area (TPSA) is 108 Å². The fourth-order valence-corrected chi connectivity index (χ4v) is 4.21. The predicted molar refractivity (Wildman–Crippen MR) is 126 cm³/mol. The summed E-state index contributed by atoms with van der Waals surface area (Å²) in [5, 5.41) is 3.78. The van der Waals surface area contributed by atoms with E-state index in [1.165, 1.54) is 18.7 Å². The Kier molecular flexibility index (Phi) is 7.25. The SMILES string of the molecule is COc1ccc(Cl)cc1NC(=O)CSc1nc(C)nc2c1c(=O)n(C)c(=O)n2CC(C)C. The third-order valence-electron chi connectivity index (χ3n) is 4.58. The van der Waals surface area contributed by atoms with E-state index in [1.54, 1.807) is 25.1 Å². The van der Waals surface area contributed by atoms with Gasteiger partial charge in [0.2, 0.25) is 5.91 Å². The molecule has 1 N–H and O–H groups in total. The van der Waals surface area contributed by atoms with Crippen LogP contribution in [-0.2, 0) is 18.4 Å². The van der Waals surface area contributed by atoms with Crippen molar-refractivity contribution >= 4 is 46.0 Å². The van der Waals surface area contributed by atoms with E-state index in [9.17, 15) is 14.4 Å². The molecule has 0 fully saturated rings. The zero-order chi connectivity index (χ0) is 23.6. The molecule has 11 heteroatoms. The summed E-state index contributed by atoms with van der Waals surface area (Å²) in [5.74, 6) is 0.698. The molecule has 1 aromatic carbocycles. The largest absolute Gasteiger partial charge is 0.495 e. The van der Waals surface area contributed by atoms with Crippen molar-refractivity contribution in [3.05, 3.63) is 49.9 Å². The molecular formula is C21H24ClN5O4S. The zero-order valence-corrected chi connectivity index (χ0v) is 20.0. The molecule has 0 spiro atoms. The van der Waals surface area contributed by atoms with Gasteiger partial charge >= 0.3 is 5.69 Å². The van der Waals surface area contributed by atoms with E-state index in [4.69, 9.17) is 16.3 Å². The molecular weight excluding hydrogens is 454 g/mol. The van der Waals surface area contributed by atoms with Gasteiger partial charge in [-0.2, -0.15) is 0 Å². The first-order valence-corrected chi connectivity index (χ1v) is 11.2. The molecule has 9 nitrogen and oxygen atoms in total. The number of halogens is 1. The van der Waals surface area contributed by atoms with Crippen LogP contribution in [-0.4, -0.2) is 37.9 Å². The van der Waals surface area contributed by atoms with Crippen LogP contribution < -0.4 is 21.3 Å². The van der Waals surface area contributed by atoms with Gasteiger partial charge in [0, 0.05) is 18.6 Å². The van der Waals surface area contributed by atoms with Crippen molar-refractivity contribution in [2.24, 2.45) is 13.0 Å². The number of carbonyl (C=O) groups is 1. The molecule has 2 heterocycles. The molecule has 0 radical (unpaired) electrons. The lowest BCUT2D eigenvalue weighted by Gasteiger charge is -2.15. The lowest BCUT2D eigenvalue weighted by Crippen LogP contribution is -2.39. The van der Waals surface area contributed by atoms with E-state index in [1.807, 2.05) is 13.8 Å². The molecule has 0 saturated carbocycles. The molecule has 32 heavy (non-hydrogen) atoms. The number of aromatic nitrogens is 4. The minimum atomic E-state index is -0.496. The number of hydrogen-bond acceptors (Lipinski definition) is 7. The number of aryl methyl sites for hydroxylation is 1. The van der Waals surface area contributed by atoms with Crippen LogP contribution in [0.3, 0.4) is 0 Å². The fraction of sp³-hybridized carbons (Fsp3) is 0.381. The van der Waals surface area contributed by atoms with E-state index in [-0.39, 0.29) is 28.6 Å². The smallest absolute Gasteiger partial charge is 0.332 e. The summed E-state index contributed by atoms with van der Waals surface area (Å²) >= 11 is 7.11. The summed E-state index contributed by atoms with van der Waals surface area (Å²) in [6, 6.07) is 4.91. The molecule has 0 saturated heterocycles. The second-order valence-electron chi connectivity index (χ2n) is 7.61. The molecule has 0 aliphatic heterocycles. The summed E-state index contributed by atoms with van der Waals surface area (Å²) in [4.78, 5) is 46.9. The number of amides is 1. The lowest BCUT2D eigenvalue weighted by atomic mass is 10.2. The number of nitrogens with zero attached hydrogens (tertiary/aromatic N) is 4. The Morgan fingerprint density at radius 2 is 2.00 bits per heavy atom. The Morgan fingerprint density at radius 3 is 2.66 bits per heavy atom. The minimum absolute atomic E-state index is 0.0202. The summed E-state index contributed by atoms with van der Waals surface area (Å²) < 4.78 is 7.77. The monoisotopic (exact) mass is 477 g/mol. The van der Waals surface area contributed by atoms with Crippen LogP contribution in [0.4, 0.5) is 5.69 Å². The number of ether oxygens (including phenoxy) is 1. The number of thioether (sulfide) groups is 1. The van der Waals surface area contributed by atoms with E-state index in [0.717, 1.165) is 16.3 Å². The minimum Gasteiger partial charge on any atom is -0.495 e. The first kappa shape index (κ1) is 23.8.